The van der Waals surface area contributed by atoms with Crippen molar-refractivity contribution in [3.63, 3.8) is 0 Å². The fourth-order valence-electron chi connectivity index (χ4n) is 1.42. The number of nitro groups is 1. The highest BCUT2D eigenvalue weighted by Gasteiger charge is 2.24. The first kappa shape index (κ1) is 14.0. The summed E-state index contributed by atoms with van der Waals surface area (Å²) in [5.41, 5.74) is 4.07. The Morgan fingerprint density at radius 1 is 1.44 bits per heavy atom. The van der Waals surface area contributed by atoms with Gasteiger partial charge in [-0.2, -0.15) is 0 Å². The fourth-order valence-corrected chi connectivity index (χ4v) is 1.42. The summed E-state index contributed by atoms with van der Waals surface area (Å²) in [6.07, 6.45) is -2.66. The number of carboxylic acid groups (broad SMARTS) is 1. The van der Waals surface area contributed by atoms with E-state index in [0.717, 1.165) is 12.1 Å². The predicted molar refractivity (Wildman–Crippen MR) is 60.1 cm³/mol. The first-order valence-electron chi connectivity index (χ1n) is 4.96. The number of rotatable bonds is 5. The Balaban J connectivity index is 3.23. The number of aromatic carboxylic acids is 1. The van der Waals surface area contributed by atoms with Crippen molar-refractivity contribution in [2.24, 2.45) is 5.73 Å². The van der Waals surface area contributed by atoms with Crippen molar-refractivity contribution in [3.05, 3.63) is 39.4 Å². The molecule has 0 radical (unpaired) electrons. The van der Waals surface area contributed by atoms with E-state index in [1.165, 1.54) is 6.07 Å². The number of hydrogen-bond donors (Lipinski definition) is 4. The van der Waals surface area contributed by atoms with Crippen molar-refractivity contribution >= 4 is 11.7 Å². The van der Waals surface area contributed by atoms with Gasteiger partial charge in [-0.15, -0.1) is 0 Å². The minimum atomic E-state index is -1.49. The molecule has 8 nitrogen and oxygen atoms in total. The van der Waals surface area contributed by atoms with Crippen LogP contribution < -0.4 is 5.73 Å². The van der Waals surface area contributed by atoms with Crippen LogP contribution in [-0.4, -0.2) is 38.9 Å². The number of benzene rings is 1. The van der Waals surface area contributed by atoms with Crippen LogP contribution in [-0.2, 0) is 0 Å². The summed E-state index contributed by atoms with van der Waals surface area (Å²) >= 11 is 0. The molecule has 0 spiro atoms. The zero-order valence-electron chi connectivity index (χ0n) is 9.18. The van der Waals surface area contributed by atoms with Gasteiger partial charge >= 0.3 is 5.97 Å². The zero-order chi connectivity index (χ0) is 13.9. The molecule has 0 aliphatic rings. The molecule has 0 bridgehead atoms. The highest BCUT2D eigenvalue weighted by molar-refractivity contribution is 5.92. The smallest absolute Gasteiger partial charge is 0.342 e. The lowest BCUT2D eigenvalue weighted by atomic mass is 10.0. The minimum Gasteiger partial charge on any atom is -0.477 e. The lowest BCUT2D eigenvalue weighted by molar-refractivity contribution is -0.385. The number of nitro benzene ring substituents is 1. The summed E-state index contributed by atoms with van der Waals surface area (Å²) in [7, 11) is 0. The molecule has 2 unspecified atom stereocenters. The third kappa shape index (κ3) is 2.80. The van der Waals surface area contributed by atoms with E-state index in [2.05, 4.69) is 0 Å². The highest BCUT2D eigenvalue weighted by Crippen LogP contribution is 2.24. The van der Waals surface area contributed by atoms with Crippen LogP contribution in [0.4, 0.5) is 5.69 Å². The summed E-state index contributed by atoms with van der Waals surface area (Å²) in [5.74, 6) is -1.49. The molecule has 18 heavy (non-hydrogen) atoms. The van der Waals surface area contributed by atoms with E-state index in [4.69, 9.17) is 10.8 Å². The van der Waals surface area contributed by atoms with E-state index in [1.54, 1.807) is 0 Å². The highest BCUT2D eigenvalue weighted by atomic mass is 16.6. The Morgan fingerprint density at radius 3 is 2.50 bits per heavy atom. The van der Waals surface area contributed by atoms with Crippen LogP contribution in [0.25, 0.3) is 0 Å². The molecule has 1 rings (SSSR count). The normalized spacial score (nSPS) is 13.9. The van der Waals surface area contributed by atoms with E-state index in [0.29, 0.717) is 0 Å². The monoisotopic (exact) mass is 256 g/mol. The van der Waals surface area contributed by atoms with Gasteiger partial charge in [0.25, 0.3) is 5.69 Å². The van der Waals surface area contributed by atoms with Crippen LogP contribution in [0.2, 0.25) is 0 Å². The summed E-state index contributed by atoms with van der Waals surface area (Å²) in [5, 5.41) is 38.4. The van der Waals surface area contributed by atoms with Crippen LogP contribution in [0.1, 0.15) is 22.0 Å². The van der Waals surface area contributed by atoms with Gasteiger partial charge in [0.05, 0.1) is 11.0 Å². The van der Waals surface area contributed by atoms with Crippen molar-refractivity contribution in [2.75, 3.05) is 6.54 Å². The van der Waals surface area contributed by atoms with E-state index >= 15 is 0 Å². The Labute approximate surface area is 101 Å². The maximum atomic E-state index is 10.9. The predicted octanol–water partition coefficient (Wildman–Crippen LogP) is -0.354. The molecule has 1 aromatic rings. The van der Waals surface area contributed by atoms with E-state index < -0.39 is 34.4 Å². The molecule has 2 atom stereocenters. The van der Waals surface area contributed by atoms with Gasteiger partial charge in [-0.05, 0) is 17.7 Å². The molecule has 0 heterocycles. The molecule has 8 heteroatoms. The Morgan fingerprint density at radius 2 is 2.06 bits per heavy atom. The SMILES string of the molecule is NCC(O)C(O)c1ccc([N+](=O)[O-])c(C(=O)O)c1. The lowest BCUT2D eigenvalue weighted by Crippen LogP contribution is -2.27. The second-order valence-electron chi connectivity index (χ2n) is 3.59. The Bertz CT molecular complexity index is 475. The van der Waals surface area contributed by atoms with E-state index in [9.17, 15) is 25.1 Å². The van der Waals surface area contributed by atoms with Crippen molar-refractivity contribution in [1.29, 1.82) is 0 Å². The molecule has 0 aromatic heterocycles. The molecule has 98 valence electrons. The average Bonchev–Trinajstić information content (AvgIpc) is 2.35. The molecule has 1 aromatic carbocycles. The molecule has 0 saturated carbocycles. The van der Waals surface area contributed by atoms with Crippen molar-refractivity contribution < 1.29 is 25.0 Å². The van der Waals surface area contributed by atoms with Crippen LogP contribution >= 0.6 is 0 Å². The molecule has 5 N–H and O–H groups in total. The summed E-state index contributed by atoms with van der Waals surface area (Å²) in [4.78, 5) is 20.6. The number of hydrogen-bond acceptors (Lipinski definition) is 6. The van der Waals surface area contributed by atoms with Gasteiger partial charge in [0, 0.05) is 12.6 Å². The Kier molecular flexibility index (Phi) is 4.32. The number of carboxylic acids is 1. The number of nitrogens with zero attached hydrogens (tertiary/aromatic N) is 1. The van der Waals surface area contributed by atoms with Gasteiger partial charge < -0.3 is 21.1 Å². The number of aliphatic hydroxyl groups is 2. The number of nitrogens with two attached hydrogens (primary N) is 1. The largest absolute Gasteiger partial charge is 0.477 e. The van der Waals surface area contributed by atoms with Crippen molar-refractivity contribution in [1.82, 2.24) is 0 Å². The van der Waals surface area contributed by atoms with Crippen molar-refractivity contribution in [2.45, 2.75) is 12.2 Å². The second kappa shape index (κ2) is 5.54. The topological polar surface area (TPSA) is 147 Å². The van der Waals surface area contributed by atoms with Crippen LogP contribution in [0.3, 0.4) is 0 Å². The van der Waals surface area contributed by atoms with Crippen LogP contribution in [0.5, 0.6) is 0 Å². The third-order valence-corrected chi connectivity index (χ3v) is 2.40. The molecule has 0 aliphatic carbocycles. The zero-order valence-corrected chi connectivity index (χ0v) is 9.18. The first-order chi connectivity index (χ1) is 8.38. The maximum absolute atomic E-state index is 10.9. The fraction of sp³-hybridized carbons (Fsp3) is 0.300. The maximum Gasteiger partial charge on any atom is 0.342 e. The first-order valence-corrected chi connectivity index (χ1v) is 4.96. The van der Waals surface area contributed by atoms with E-state index in [1.807, 2.05) is 0 Å². The molecule has 0 saturated heterocycles. The van der Waals surface area contributed by atoms with Gasteiger partial charge in [-0.25, -0.2) is 4.79 Å². The average molecular weight is 256 g/mol. The number of carbonyl (C=O) groups is 1. The molecule has 0 amide bonds. The Hall–Kier alpha value is -2.03. The third-order valence-electron chi connectivity index (χ3n) is 2.40. The van der Waals surface area contributed by atoms with Gasteiger partial charge in [-0.3, -0.25) is 10.1 Å². The summed E-state index contributed by atoms with van der Waals surface area (Å²) in [6.45, 7) is -0.222. The molecular formula is C10H12N2O6. The lowest BCUT2D eigenvalue weighted by Gasteiger charge is -2.16. The molecule has 0 aliphatic heterocycles. The van der Waals surface area contributed by atoms with Crippen molar-refractivity contribution in [3.8, 4) is 0 Å². The van der Waals surface area contributed by atoms with E-state index in [-0.39, 0.29) is 12.1 Å². The quantitative estimate of drug-likeness (QED) is 0.415. The summed E-state index contributed by atoms with van der Waals surface area (Å²) < 4.78 is 0. The summed E-state index contributed by atoms with van der Waals surface area (Å²) in [6, 6.07) is 3.09. The minimum absolute atomic E-state index is 0.0518. The standard InChI is InChI=1S/C10H12N2O6/c11-4-8(13)9(14)5-1-2-7(12(17)18)6(3-5)10(15)16/h1-3,8-9,13-14H,4,11H2,(H,15,16). The molecular weight excluding hydrogens is 244 g/mol. The van der Waals surface area contributed by atoms with Gasteiger partial charge in [0.1, 0.15) is 11.7 Å². The van der Waals surface area contributed by atoms with Crippen LogP contribution in [0.15, 0.2) is 18.2 Å². The number of aliphatic hydroxyl groups excluding tert-OH is 2. The molecule has 0 fully saturated rings. The van der Waals surface area contributed by atoms with Gasteiger partial charge in [0.2, 0.25) is 0 Å². The van der Waals surface area contributed by atoms with Gasteiger partial charge in [0.15, 0.2) is 0 Å². The van der Waals surface area contributed by atoms with Gasteiger partial charge in [-0.1, -0.05) is 0 Å². The second-order valence-corrected chi connectivity index (χ2v) is 3.59. The van der Waals surface area contributed by atoms with Crippen LogP contribution in [0, 0.1) is 10.1 Å².